The Balaban J connectivity index is 1.57. The van der Waals surface area contributed by atoms with Crippen molar-refractivity contribution >= 4 is 44.8 Å². The van der Waals surface area contributed by atoms with Crippen molar-refractivity contribution in [3.05, 3.63) is 51.2 Å². The molecule has 2 atom stereocenters. The molecule has 1 aliphatic heterocycles. The first-order valence-electron chi connectivity index (χ1n) is 9.00. The second kappa shape index (κ2) is 8.83. The van der Waals surface area contributed by atoms with Gasteiger partial charge in [-0.3, -0.25) is 9.59 Å². The van der Waals surface area contributed by atoms with Crippen LogP contribution in [0.1, 0.15) is 24.3 Å². The van der Waals surface area contributed by atoms with Crippen molar-refractivity contribution in [3.8, 4) is 0 Å². The number of ether oxygens (including phenoxy) is 1. The average molecular weight is 457 g/mol. The van der Waals surface area contributed by atoms with Crippen molar-refractivity contribution in [2.75, 3.05) is 6.54 Å². The molecule has 29 heavy (non-hydrogen) atoms. The molecule has 0 radical (unpaired) electrons. The van der Waals surface area contributed by atoms with Crippen molar-refractivity contribution in [2.45, 2.75) is 43.9 Å². The van der Waals surface area contributed by atoms with Crippen LogP contribution in [-0.2, 0) is 37.3 Å². The Hall–Kier alpha value is -1.94. The highest BCUT2D eigenvalue weighted by atomic mass is 35.5. The second-order valence-corrected chi connectivity index (χ2v) is 9.91. The van der Waals surface area contributed by atoms with Crippen LogP contribution in [0.2, 0.25) is 5.02 Å². The minimum Gasteiger partial charge on any atom is -0.451 e. The quantitative estimate of drug-likeness (QED) is 0.674. The summed E-state index contributed by atoms with van der Waals surface area (Å²) in [5, 5.41) is 2.40. The summed E-state index contributed by atoms with van der Waals surface area (Å²) in [6, 6.07) is 6.39. The van der Waals surface area contributed by atoms with Crippen LogP contribution in [0.5, 0.6) is 0 Å². The van der Waals surface area contributed by atoms with E-state index < -0.39 is 28.1 Å². The molecule has 156 valence electrons. The monoisotopic (exact) mass is 456 g/mol. The maximum Gasteiger partial charge on any atom is 0.324 e. The van der Waals surface area contributed by atoms with E-state index in [9.17, 15) is 18.0 Å². The van der Waals surface area contributed by atoms with Crippen molar-refractivity contribution in [3.63, 3.8) is 0 Å². The number of halogens is 1. The van der Waals surface area contributed by atoms with Gasteiger partial charge >= 0.3 is 5.97 Å². The molecule has 0 saturated carbocycles. The number of nitrogens with one attached hydrogen (secondary N) is 1. The van der Waals surface area contributed by atoms with Gasteiger partial charge < -0.3 is 9.64 Å². The van der Waals surface area contributed by atoms with E-state index in [1.165, 1.54) is 43.0 Å². The average Bonchev–Trinajstić information content (AvgIpc) is 3.15. The molecule has 1 aromatic carbocycles. The van der Waals surface area contributed by atoms with Gasteiger partial charge in [0.05, 0.1) is 4.90 Å². The standard InChI is InChI=1S/C19H21ClN2O5S2/c1-12(21-29(25,26)16-5-3-15(20)4-6-16)19(24)27-13(2)18(23)22-9-7-17-14(11-22)8-10-28-17/h3-6,8,10,12-13,21H,7,9,11H2,1-2H3/t12-,13?/m0/s1. The van der Waals surface area contributed by atoms with Gasteiger partial charge in [-0.2, -0.15) is 4.72 Å². The highest BCUT2D eigenvalue weighted by Gasteiger charge is 2.30. The fourth-order valence-corrected chi connectivity index (χ4v) is 5.19. The highest BCUT2D eigenvalue weighted by Crippen LogP contribution is 2.24. The molecule has 1 amide bonds. The van der Waals surface area contributed by atoms with E-state index >= 15 is 0 Å². The molecule has 1 unspecified atom stereocenters. The maximum absolute atomic E-state index is 12.6. The molecule has 0 saturated heterocycles. The van der Waals surface area contributed by atoms with Gasteiger partial charge in [0.15, 0.2) is 6.10 Å². The summed E-state index contributed by atoms with van der Waals surface area (Å²) in [4.78, 5) is 27.8. The number of hydrogen-bond donors (Lipinski definition) is 1. The van der Waals surface area contributed by atoms with Gasteiger partial charge in [-0.15, -0.1) is 11.3 Å². The van der Waals surface area contributed by atoms with Crippen LogP contribution in [0.3, 0.4) is 0 Å². The molecule has 0 fully saturated rings. The lowest BCUT2D eigenvalue weighted by atomic mass is 10.1. The molecular weight excluding hydrogens is 436 g/mol. The topological polar surface area (TPSA) is 92.8 Å². The van der Waals surface area contributed by atoms with E-state index in [1.807, 2.05) is 11.4 Å². The Labute approximate surface area is 178 Å². The fourth-order valence-electron chi connectivity index (χ4n) is 2.98. The summed E-state index contributed by atoms with van der Waals surface area (Å²) in [6.45, 7) is 3.90. The smallest absolute Gasteiger partial charge is 0.324 e. The minimum atomic E-state index is -3.93. The van der Waals surface area contributed by atoms with Gasteiger partial charge in [-0.25, -0.2) is 8.42 Å². The zero-order valence-electron chi connectivity index (χ0n) is 15.9. The van der Waals surface area contributed by atoms with Crippen molar-refractivity contribution < 1.29 is 22.7 Å². The van der Waals surface area contributed by atoms with Crippen molar-refractivity contribution in [2.24, 2.45) is 0 Å². The summed E-state index contributed by atoms with van der Waals surface area (Å²) >= 11 is 7.44. The number of carbonyl (C=O) groups is 2. The van der Waals surface area contributed by atoms with Gasteiger partial charge in [-0.05, 0) is 61.5 Å². The Morgan fingerprint density at radius 3 is 2.59 bits per heavy atom. The first-order chi connectivity index (χ1) is 13.7. The van der Waals surface area contributed by atoms with Crippen LogP contribution in [-0.4, -0.2) is 43.9 Å². The number of nitrogens with zero attached hydrogens (tertiary/aromatic N) is 1. The van der Waals surface area contributed by atoms with Gasteiger partial charge in [0, 0.05) is 23.0 Å². The zero-order valence-corrected chi connectivity index (χ0v) is 18.3. The molecule has 1 aliphatic rings. The SMILES string of the molecule is CC(OC(=O)[C@H](C)NS(=O)(=O)c1ccc(Cl)cc1)C(=O)N1CCc2sccc2C1. The molecule has 2 heterocycles. The highest BCUT2D eigenvalue weighted by molar-refractivity contribution is 7.89. The first-order valence-corrected chi connectivity index (χ1v) is 11.7. The van der Waals surface area contributed by atoms with E-state index in [4.69, 9.17) is 16.3 Å². The summed E-state index contributed by atoms with van der Waals surface area (Å²) in [6.07, 6.45) is -0.235. The number of hydrogen-bond acceptors (Lipinski definition) is 6. The molecule has 2 aromatic rings. The maximum atomic E-state index is 12.6. The number of sulfonamides is 1. The molecule has 10 heteroatoms. The lowest BCUT2D eigenvalue weighted by molar-refractivity contribution is -0.160. The number of amides is 1. The normalized spacial score (nSPS) is 16.0. The predicted octanol–water partition coefficient (Wildman–Crippen LogP) is 2.58. The molecule has 0 aliphatic carbocycles. The van der Waals surface area contributed by atoms with E-state index in [1.54, 1.807) is 16.2 Å². The van der Waals surface area contributed by atoms with Gasteiger partial charge in [0.2, 0.25) is 10.0 Å². The zero-order chi connectivity index (χ0) is 21.2. The van der Waals surface area contributed by atoms with Crippen LogP contribution >= 0.6 is 22.9 Å². The predicted molar refractivity (Wildman–Crippen MR) is 110 cm³/mol. The van der Waals surface area contributed by atoms with Gasteiger partial charge in [0.1, 0.15) is 6.04 Å². The van der Waals surface area contributed by atoms with E-state index in [2.05, 4.69) is 4.72 Å². The lowest BCUT2D eigenvalue weighted by Crippen LogP contribution is -2.45. The summed E-state index contributed by atoms with van der Waals surface area (Å²) in [7, 11) is -3.93. The number of fused-ring (bicyclic) bond motifs is 1. The number of rotatable bonds is 6. The Morgan fingerprint density at radius 1 is 1.21 bits per heavy atom. The Bertz CT molecular complexity index is 1000. The van der Waals surface area contributed by atoms with Crippen LogP contribution in [0.15, 0.2) is 40.6 Å². The third kappa shape index (κ3) is 5.16. The van der Waals surface area contributed by atoms with Crippen LogP contribution in [0.4, 0.5) is 0 Å². The number of esters is 1. The van der Waals surface area contributed by atoms with E-state index in [0.29, 0.717) is 18.1 Å². The number of benzene rings is 1. The first kappa shape index (κ1) is 21.8. The third-order valence-corrected chi connectivity index (χ3v) is 7.40. The van der Waals surface area contributed by atoms with Crippen LogP contribution in [0, 0.1) is 0 Å². The molecular formula is C19H21ClN2O5S2. The fraction of sp³-hybridized carbons (Fsp3) is 0.368. The summed E-state index contributed by atoms with van der Waals surface area (Å²) < 4.78 is 32.2. The molecule has 1 N–H and O–H groups in total. The van der Waals surface area contributed by atoms with Crippen molar-refractivity contribution in [1.29, 1.82) is 0 Å². The summed E-state index contributed by atoms with van der Waals surface area (Å²) in [5.41, 5.74) is 1.11. The molecule has 0 spiro atoms. The van der Waals surface area contributed by atoms with Gasteiger partial charge in [0.25, 0.3) is 5.91 Å². The molecule has 7 nitrogen and oxygen atoms in total. The second-order valence-electron chi connectivity index (χ2n) is 6.75. The number of carbonyl (C=O) groups excluding carboxylic acids is 2. The lowest BCUT2D eigenvalue weighted by Gasteiger charge is -2.29. The molecule has 3 rings (SSSR count). The van der Waals surface area contributed by atoms with Crippen LogP contribution in [0.25, 0.3) is 0 Å². The van der Waals surface area contributed by atoms with Crippen LogP contribution < -0.4 is 4.72 Å². The third-order valence-electron chi connectivity index (χ3n) is 4.57. The number of thiophene rings is 1. The summed E-state index contributed by atoms with van der Waals surface area (Å²) in [5.74, 6) is -1.13. The van der Waals surface area contributed by atoms with Gasteiger partial charge in [-0.1, -0.05) is 11.6 Å². The van der Waals surface area contributed by atoms with E-state index in [-0.39, 0.29) is 10.8 Å². The Morgan fingerprint density at radius 2 is 1.90 bits per heavy atom. The van der Waals surface area contributed by atoms with Crippen molar-refractivity contribution in [1.82, 2.24) is 9.62 Å². The largest absolute Gasteiger partial charge is 0.451 e. The molecule has 1 aromatic heterocycles. The molecule has 0 bridgehead atoms. The minimum absolute atomic E-state index is 0.0226. The van der Waals surface area contributed by atoms with E-state index in [0.717, 1.165) is 12.0 Å². The Kier molecular flexibility index (Phi) is 6.62.